The fourth-order valence-electron chi connectivity index (χ4n) is 2.44. The maximum absolute atomic E-state index is 9.50. The number of hydrogen-bond acceptors (Lipinski definition) is 5. The molecule has 0 unspecified atom stereocenters. The molecule has 1 aromatic carbocycles. The van der Waals surface area contributed by atoms with Crippen LogP contribution in [0.3, 0.4) is 0 Å². The molecular weight excluding hydrogens is 306 g/mol. The van der Waals surface area contributed by atoms with Gasteiger partial charge in [-0.05, 0) is 17.7 Å². The highest BCUT2D eigenvalue weighted by Gasteiger charge is 2.17. The van der Waals surface area contributed by atoms with Gasteiger partial charge in [-0.2, -0.15) is 14.9 Å². The van der Waals surface area contributed by atoms with Crippen LogP contribution in [0.2, 0.25) is 0 Å². The van der Waals surface area contributed by atoms with Gasteiger partial charge < -0.3 is 0 Å². The van der Waals surface area contributed by atoms with E-state index >= 15 is 0 Å². The highest BCUT2D eigenvalue weighted by Crippen LogP contribution is 2.26. The van der Waals surface area contributed by atoms with Gasteiger partial charge in [0.2, 0.25) is 4.96 Å². The minimum absolute atomic E-state index is 0.460. The number of benzene rings is 1. The third-order valence-corrected chi connectivity index (χ3v) is 4.41. The van der Waals surface area contributed by atoms with Gasteiger partial charge in [0.25, 0.3) is 0 Å². The molecule has 0 saturated carbocycles. The summed E-state index contributed by atoms with van der Waals surface area (Å²) in [6.45, 7) is 0. The van der Waals surface area contributed by atoms with Crippen LogP contribution in [-0.4, -0.2) is 19.6 Å². The van der Waals surface area contributed by atoms with Gasteiger partial charge in [-0.25, -0.2) is 4.98 Å². The molecule has 23 heavy (non-hydrogen) atoms. The fourth-order valence-corrected chi connectivity index (χ4v) is 3.37. The average Bonchev–Trinajstić information content (AvgIpc) is 3.13. The van der Waals surface area contributed by atoms with Crippen molar-refractivity contribution in [3.8, 4) is 17.3 Å². The van der Waals surface area contributed by atoms with Gasteiger partial charge in [0, 0.05) is 24.4 Å². The second-order valence-electron chi connectivity index (χ2n) is 5.01. The van der Waals surface area contributed by atoms with Crippen molar-refractivity contribution < 1.29 is 0 Å². The molecule has 0 fully saturated rings. The summed E-state index contributed by atoms with van der Waals surface area (Å²) in [6, 6.07) is 16.1. The van der Waals surface area contributed by atoms with E-state index in [1.807, 2.05) is 30.3 Å². The van der Waals surface area contributed by atoms with Crippen LogP contribution in [0.4, 0.5) is 0 Å². The Morgan fingerprint density at radius 1 is 1.09 bits per heavy atom. The molecule has 3 heterocycles. The van der Waals surface area contributed by atoms with Crippen molar-refractivity contribution in [3.63, 3.8) is 0 Å². The predicted octanol–water partition coefficient (Wildman–Crippen LogP) is 3.32. The van der Waals surface area contributed by atoms with Gasteiger partial charge in [0.15, 0.2) is 5.69 Å². The number of nitrogens with zero attached hydrogens (tertiary/aromatic N) is 5. The first-order valence-corrected chi connectivity index (χ1v) is 7.89. The van der Waals surface area contributed by atoms with E-state index in [0.29, 0.717) is 11.4 Å². The molecule has 0 bridgehead atoms. The van der Waals surface area contributed by atoms with Crippen molar-refractivity contribution in [2.24, 2.45) is 0 Å². The number of fused-ring (bicyclic) bond motifs is 1. The Morgan fingerprint density at radius 2 is 1.87 bits per heavy atom. The van der Waals surface area contributed by atoms with E-state index in [9.17, 15) is 5.26 Å². The monoisotopic (exact) mass is 317 g/mol. The molecule has 0 N–H and O–H groups in total. The lowest BCUT2D eigenvalue weighted by atomic mass is 10.2. The van der Waals surface area contributed by atoms with Crippen LogP contribution in [0, 0.1) is 11.3 Å². The Balaban J connectivity index is 1.77. The molecule has 0 radical (unpaired) electrons. The topological polar surface area (TPSA) is 66.9 Å². The molecule has 0 aliphatic rings. The summed E-state index contributed by atoms with van der Waals surface area (Å²) in [5.41, 5.74) is 3.18. The highest BCUT2D eigenvalue weighted by molar-refractivity contribution is 7.16. The summed E-state index contributed by atoms with van der Waals surface area (Å²) < 4.78 is 1.64. The molecule has 0 amide bonds. The van der Waals surface area contributed by atoms with E-state index in [1.165, 1.54) is 16.9 Å². The largest absolute Gasteiger partial charge is 0.265 e. The van der Waals surface area contributed by atoms with Gasteiger partial charge >= 0.3 is 0 Å². The summed E-state index contributed by atoms with van der Waals surface area (Å²) in [5.74, 6) is 0. The summed E-state index contributed by atoms with van der Waals surface area (Å²) in [4.78, 5) is 9.32. The molecule has 6 heteroatoms. The van der Waals surface area contributed by atoms with Crippen molar-refractivity contribution in [2.45, 2.75) is 6.42 Å². The highest BCUT2D eigenvalue weighted by atomic mass is 32.1. The van der Waals surface area contributed by atoms with Crippen LogP contribution in [0.25, 0.3) is 16.2 Å². The Kier molecular flexibility index (Phi) is 3.33. The van der Waals surface area contributed by atoms with Crippen molar-refractivity contribution in [1.82, 2.24) is 19.6 Å². The normalized spacial score (nSPS) is 10.7. The Morgan fingerprint density at radius 3 is 2.61 bits per heavy atom. The molecule has 4 rings (SSSR count). The Bertz CT molecular complexity index is 996. The lowest BCUT2D eigenvalue weighted by molar-refractivity contribution is 0.909. The van der Waals surface area contributed by atoms with Crippen molar-refractivity contribution >= 4 is 16.3 Å². The number of nitriles is 1. The first kappa shape index (κ1) is 13.6. The number of hydrogen-bond donors (Lipinski definition) is 0. The lowest BCUT2D eigenvalue weighted by Crippen LogP contribution is -1.93. The molecule has 4 aromatic rings. The number of rotatable bonds is 3. The maximum Gasteiger partial charge on any atom is 0.214 e. The zero-order chi connectivity index (χ0) is 15.6. The van der Waals surface area contributed by atoms with E-state index in [0.717, 1.165) is 22.0 Å². The van der Waals surface area contributed by atoms with Crippen LogP contribution in [0.1, 0.15) is 16.3 Å². The minimum atomic E-state index is 0.460. The summed E-state index contributed by atoms with van der Waals surface area (Å²) in [5, 5.41) is 15.0. The smallest absolute Gasteiger partial charge is 0.214 e. The first-order valence-electron chi connectivity index (χ1n) is 7.08. The molecule has 5 nitrogen and oxygen atoms in total. The van der Waals surface area contributed by atoms with Gasteiger partial charge in [-0.3, -0.25) is 4.98 Å². The Hall–Kier alpha value is -3.04. The van der Waals surface area contributed by atoms with E-state index in [1.54, 1.807) is 16.9 Å². The number of pyridine rings is 1. The number of aromatic nitrogens is 4. The maximum atomic E-state index is 9.50. The fraction of sp³-hybridized carbons (Fsp3) is 0.0588. The standard InChI is InChI=1S/C17H11N5S/c18-11-14-16(13-6-8-19-9-7-13)20-17-22(14)21-15(23-17)10-12-4-2-1-3-5-12/h1-9H,10H2. The third-order valence-electron chi connectivity index (χ3n) is 3.50. The quantitative estimate of drug-likeness (QED) is 0.581. The predicted molar refractivity (Wildman–Crippen MR) is 88.1 cm³/mol. The Labute approximate surface area is 136 Å². The molecule has 0 spiro atoms. The lowest BCUT2D eigenvalue weighted by Gasteiger charge is -1.97. The summed E-state index contributed by atoms with van der Waals surface area (Å²) in [6.07, 6.45) is 4.13. The zero-order valence-electron chi connectivity index (χ0n) is 12.0. The summed E-state index contributed by atoms with van der Waals surface area (Å²) >= 11 is 1.51. The van der Waals surface area contributed by atoms with Crippen molar-refractivity contribution in [1.29, 1.82) is 5.26 Å². The second kappa shape index (κ2) is 5.63. The van der Waals surface area contributed by atoms with Gasteiger partial charge in [0.1, 0.15) is 16.8 Å². The van der Waals surface area contributed by atoms with Gasteiger partial charge in [-0.15, -0.1) is 0 Å². The van der Waals surface area contributed by atoms with Crippen LogP contribution >= 0.6 is 11.3 Å². The van der Waals surface area contributed by atoms with Crippen LogP contribution < -0.4 is 0 Å². The van der Waals surface area contributed by atoms with E-state index in [2.05, 4.69) is 33.3 Å². The minimum Gasteiger partial charge on any atom is -0.265 e. The zero-order valence-corrected chi connectivity index (χ0v) is 12.9. The SMILES string of the molecule is N#Cc1c(-c2ccncc2)nc2sc(Cc3ccccc3)nn12. The van der Waals surface area contributed by atoms with E-state index in [-0.39, 0.29) is 0 Å². The van der Waals surface area contributed by atoms with E-state index < -0.39 is 0 Å². The molecule has 0 saturated heterocycles. The van der Waals surface area contributed by atoms with Crippen LogP contribution in [-0.2, 0) is 6.42 Å². The van der Waals surface area contributed by atoms with E-state index in [4.69, 9.17) is 0 Å². The van der Waals surface area contributed by atoms with Gasteiger partial charge in [0.05, 0.1) is 0 Å². The second-order valence-corrected chi connectivity index (χ2v) is 6.05. The molecular formula is C17H11N5S. The molecule has 0 aliphatic carbocycles. The summed E-state index contributed by atoms with van der Waals surface area (Å²) in [7, 11) is 0. The molecule has 110 valence electrons. The van der Waals surface area contributed by atoms with Crippen molar-refractivity contribution in [2.75, 3.05) is 0 Å². The third kappa shape index (κ3) is 2.47. The van der Waals surface area contributed by atoms with Gasteiger partial charge in [-0.1, -0.05) is 41.7 Å². The molecule has 3 aromatic heterocycles. The van der Waals surface area contributed by atoms with Crippen LogP contribution in [0.5, 0.6) is 0 Å². The first-order chi connectivity index (χ1) is 11.3. The average molecular weight is 317 g/mol. The molecule has 0 aliphatic heterocycles. The van der Waals surface area contributed by atoms with Crippen molar-refractivity contribution in [3.05, 3.63) is 71.1 Å². The molecule has 0 atom stereocenters. The van der Waals surface area contributed by atoms with Crippen LogP contribution in [0.15, 0.2) is 54.9 Å². The number of imidazole rings is 1.